The topological polar surface area (TPSA) is 105 Å². The number of fused-ring (bicyclic) bond motifs is 1. The van der Waals surface area contributed by atoms with E-state index in [9.17, 15) is 19.2 Å². The van der Waals surface area contributed by atoms with E-state index >= 15 is 0 Å². The Bertz CT molecular complexity index is 1170. The summed E-state index contributed by atoms with van der Waals surface area (Å²) in [5, 5.41) is 0. The molecule has 0 heterocycles. The quantitative estimate of drug-likeness (QED) is 0.215. The van der Waals surface area contributed by atoms with Gasteiger partial charge in [0.15, 0.2) is 5.78 Å². The zero-order valence-electron chi connectivity index (χ0n) is 21.1. The van der Waals surface area contributed by atoms with Crippen LogP contribution < -0.4 is 0 Å². The fraction of sp³-hybridized carbons (Fsp3) is 0.357. The van der Waals surface area contributed by atoms with Crippen LogP contribution in [0.5, 0.6) is 0 Å². The number of benzene rings is 2. The molecule has 0 bridgehead atoms. The van der Waals surface area contributed by atoms with Crippen molar-refractivity contribution in [1.29, 1.82) is 0 Å². The minimum absolute atomic E-state index is 0.0190. The molecular formula is C28H30O8. The second-order valence-corrected chi connectivity index (χ2v) is 8.10. The van der Waals surface area contributed by atoms with E-state index in [-0.39, 0.29) is 31.2 Å². The zero-order chi connectivity index (χ0) is 26.5. The number of esters is 2. The molecule has 0 N–H and O–H groups in total. The van der Waals surface area contributed by atoms with Crippen LogP contribution in [0.4, 0.5) is 4.79 Å². The van der Waals surface area contributed by atoms with Crippen LogP contribution in [-0.2, 0) is 34.0 Å². The normalized spacial score (nSPS) is 14.5. The molecule has 2 aromatic rings. The fourth-order valence-electron chi connectivity index (χ4n) is 4.55. The zero-order valence-corrected chi connectivity index (χ0v) is 21.1. The van der Waals surface area contributed by atoms with Crippen LogP contribution in [0, 0.1) is 0 Å². The second-order valence-electron chi connectivity index (χ2n) is 8.10. The molecule has 1 unspecified atom stereocenters. The van der Waals surface area contributed by atoms with Crippen LogP contribution in [0.2, 0.25) is 0 Å². The molecule has 3 rings (SSSR count). The molecule has 1 aliphatic rings. The molecule has 0 radical (unpaired) electrons. The summed E-state index contributed by atoms with van der Waals surface area (Å²) in [7, 11) is 0. The van der Waals surface area contributed by atoms with Crippen molar-refractivity contribution in [2.24, 2.45) is 0 Å². The Morgan fingerprint density at radius 2 is 1.36 bits per heavy atom. The molecule has 0 saturated carbocycles. The van der Waals surface area contributed by atoms with Gasteiger partial charge >= 0.3 is 18.1 Å². The maximum Gasteiger partial charge on any atom is 0.508 e. The van der Waals surface area contributed by atoms with E-state index in [1.165, 1.54) is 6.92 Å². The summed E-state index contributed by atoms with van der Waals surface area (Å²) in [6.07, 6.45) is -2.02. The van der Waals surface area contributed by atoms with Crippen molar-refractivity contribution < 1.29 is 38.1 Å². The molecule has 1 atom stereocenters. The van der Waals surface area contributed by atoms with Gasteiger partial charge in [0.1, 0.15) is 6.10 Å². The van der Waals surface area contributed by atoms with Gasteiger partial charge in [-0.05, 0) is 56.9 Å². The largest absolute Gasteiger partial charge is 0.508 e. The lowest BCUT2D eigenvalue weighted by atomic mass is 9.74. The van der Waals surface area contributed by atoms with Crippen LogP contribution in [-0.4, -0.2) is 49.8 Å². The maximum atomic E-state index is 13.7. The number of carbonyl (C=O) groups excluding carboxylic acids is 4. The van der Waals surface area contributed by atoms with Crippen LogP contribution in [0.1, 0.15) is 61.7 Å². The first-order valence-corrected chi connectivity index (χ1v) is 11.9. The standard InChI is InChI=1S/C28H30O8/c1-6-33-25(30)28(26(31)34-7-2)22-12-10-9-11-21(22)23(20-15-13-19(14-16-20)17(4)29)24(28)18(5)36-27(32)35-8-3/h9-16,18H,6-8H2,1-5H3. The Hall–Kier alpha value is -3.94. The van der Waals surface area contributed by atoms with E-state index < -0.39 is 29.6 Å². The van der Waals surface area contributed by atoms with E-state index in [0.717, 1.165) is 0 Å². The predicted molar refractivity (Wildman–Crippen MR) is 131 cm³/mol. The molecule has 0 aromatic heterocycles. The van der Waals surface area contributed by atoms with Gasteiger partial charge in [0.25, 0.3) is 0 Å². The van der Waals surface area contributed by atoms with Crippen LogP contribution in [0.3, 0.4) is 0 Å². The molecule has 0 amide bonds. The fourth-order valence-corrected chi connectivity index (χ4v) is 4.55. The van der Waals surface area contributed by atoms with Gasteiger partial charge in [-0.25, -0.2) is 4.79 Å². The highest BCUT2D eigenvalue weighted by Gasteiger charge is 2.61. The van der Waals surface area contributed by atoms with Gasteiger partial charge in [0, 0.05) is 11.1 Å². The number of carbonyl (C=O) groups is 4. The molecule has 0 fully saturated rings. The minimum atomic E-state index is -2.01. The molecule has 0 spiro atoms. The van der Waals surface area contributed by atoms with Crippen molar-refractivity contribution in [3.05, 3.63) is 76.4 Å². The summed E-state index contributed by atoms with van der Waals surface area (Å²) in [6.45, 7) is 8.07. The molecule has 8 nitrogen and oxygen atoms in total. The Labute approximate surface area is 210 Å². The Morgan fingerprint density at radius 1 is 0.806 bits per heavy atom. The Kier molecular flexibility index (Phi) is 8.29. The maximum absolute atomic E-state index is 13.7. The average Bonchev–Trinajstić information content (AvgIpc) is 3.17. The number of ketones is 1. The van der Waals surface area contributed by atoms with Gasteiger partial charge in [-0.15, -0.1) is 0 Å². The van der Waals surface area contributed by atoms with Crippen LogP contribution in [0.15, 0.2) is 54.1 Å². The third-order valence-corrected chi connectivity index (χ3v) is 5.96. The lowest BCUT2D eigenvalue weighted by Gasteiger charge is -2.31. The van der Waals surface area contributed by atoms with E-state index in [1.54, 1.807) is 76.2 Å². The van der Waals surface area contributed by atoms with Crippen LogP contribution >= 0.6 is 0 Å². The van der Waals surface area contributed by atoms with Gasteiger partial charge < -0.3 is 18.9 Å². The van der Waals surface area contributed by atoms with Gasteiger partial charge in [-0.2, -0.15) is 0 Å². The first-order valence-electron chi connectivity index (χ1n) is 11.9. The van der Waals surface area contributed by atoms with E-state index in [0.29, 0.717) is 27.8 Å². The number of ether oxygens (including phenoxy) is 4. The number of hydrogen-bond acceptors (Lipinski definition) is 8. The molecule has 36 heavy (non-hydrogen) atoms. The summed E-state index contributed by atoms with van der Waals surface area (Å²) in [5.41, 5.74) is 0.777. The van der Waals surface area contributed by atoms with E-state index in [1.807, 2.05) is 0 Å². The van der Waals surface area contributed by atoms with Crippen LogP contribution in [0.25, 0.3) is 5.57 Å². The third kappa shape index (κ3) is 4.63. The van der Waals surface area contributed by atoms with Gasteiger partial charge in [0.05, 0.1) is 19.8 Å². The lowest BCUT2D eigenvalue weighted by molar-refractivity contribution is -0.163. The molecule has 0 saturated heterocycles. The number of hydrogen-bond donors (Lipinski definition) is 0. The molecule has 0 aliphatic heterocycles. The Morgan fingerprint density at radius 3 is 1.89 bits per heavy atom. The average molecular weight is 495 g/mol. The van der Waals surface area contributed by atoms with Crippen molar-refractivity contribution in [2.75, 3.05) is 19.8 Å². The summed E-state index contributed by atoms with van der Waals surface area (Å²) >= 11 is 0. The molecule has 190 valence electrons. The molecular weight excluding hydrogens is 464 g/mol. The highest BCUT2D eigenvalue weighted by atomic mass is 16.7. The smallest absolute Gasteiger partial charge is 0.465 e. The summed E-state index contributed by atoms with van der Waals surface area (Å²) in [6, 6.07) is 13.7. The van der Waals surface area contributed by atoms with E-state index in [2.05, 4.69) is 0 Å². The van der Waals surface area contributed by atoms with Crippen molar-refractivity contribution >= 4 is 29.5 Å². The SMILES string of the molecule is CCOC(=O)OC(C)C1=C(c2ccc(C(C)=O)cc2)c2ccccc2C1(C(=O)OCC)C(=O)OCC. The Balaban J connectivity index is 2.40. The summed E-state index contributed by atoms with van der Waals surface area (Å²) in [4.78, 5) is 51.6. The second kappa shape index (κ2) is 11.2. The van der Waals surface area contributed by atoms with E-state index in [4.69, 9.17) is 18.9 Å². The van der Waals surface area contributed by atoms with Crippen molar-refractivity contribution in [2.45, 2.75) is 46.1 Å². The number of Topliss-reactive ketones (excluding diaryl/α,β-unsaturated/α-hetero) is 1. The van der Waals surface area contributed by atoms with Crippen molar-refractivity contribution in [3.8, 4) is 0 Å². The van der Waals surface area contributed by atoms with Gasteiger partial charge in [-0.1, -0.05) is 48.5 Å². The minimum Gasteiger partial charge on any atom is -0.465 e. The summed E-state index contributed by atoms with van der Waals surface area (Å²) < 4.78 is 21.4. The third-order valence-electron chi connectivity index (χ3n) is 5.96. The number of rotatable bonds is 9. The first kappa shape index (κ1) is 26.7. The monoisotopic (exact) mass is 494 g/mol. The first-order chi connectivity index (χ1) is 17.2. The highest BCUT2D eigenvalue weighted by molar-refractivity contribution is 6.16. The lowest BCUT2D eigenvalue weighted by Crippen LogP contribution is -2.49. The highest BCUT2D eigenvalue weighted by Crippen LogP contribution is 2.52. The van der Waals surface area contributed by atoms with Crippen molar-refractivity contribution in [3.63, 3.8) is 0 Å². The van der Waals surface area contributed by atoms with Gasteiger partial charge in [0.2, 0.25) is 5.41 Å². The van der Waals surface area contributed by atoms with Crippen molar-refractivity contribution in [1.82, 2.24) is 0 Å². The van der Waals surface area contributed by atoms with Gasteiger partial charge in [-0.3, -0.25) is 14.4 Å². The summed E-state index contributed by atoms with van der Waals surface area (Å²) in [5.74, 6) is -1.77. The molecule has 2 aromatic carbocycles. The molecule has 8 heteroatoms. The predicted octanol–water partition coefficient (Wildman–Crippen LogP) is 4.63. The molecule has 1 aliphatic carbocycles.